The van der Waals surface area contributed by atoms with Crippen LogP contribution in [0.25, 0.3) is 0 Å². The van der Waals surface area contributed by atoms with Gasteiger partial charge in [0.2, 0.25) is 10.0 Å². The monoisotopic (exact) mass is 576 g/mol. The highest BCUT2D eigenvalue weighted by molar-refractivity contribution is 7.88. The van der Waals surface area contributed by atoms with Crippen molar-refractivity contribution in [2.75, 3.05) is 26.0 Å². The molecular weight excluding hydrogens is 549 g/mol. The van der Waals surface area contributed by atoms with Crippen molar-refractivity contribution in [1.29, 1.82) is 0 Å². The van der Waals surface area contributed by atoms with Crippen molar-refractivity contribution >= 4 is 39.1 Å². The van der Waals surface area contributed by atoms with Crippen molar-refractivity contribution in [1.82, 2.24) is 9.62 Å². The molecule has 1 saturated carbocycles. The second kappa shape index (κ2) is 11.1. The van der Waals surface area contributed by atoms with E-state index in [-0.39, 0.29) is 61.6 Å². The summed E-state index contributed by atoms with van der Waals surface area (Å²) in [4.78, 5) is 14.3. The number of piperidine rings is 1. The standard InChI is InChI=1S/C25H28Cl2F2N2O5S/c1-37(34,35)30-23(32)19-12-18(15-2-3-15)17(11-22(19)28)13-36-14-25(29)6-8-31(9-7-25)24(33)16-4-5-20(26)21(27)10-16/h4-5,10-12,15,23,30,32H,2-3,6-9,13-14H2,1H3. The maximum atomic E-state index is 15.4. The molecule has 1 saturated heterocycles. The van der Waals surface area contributed by atoms with Crippen LogP contribution in [0.5, 0.6) is 0 Å². The number of rotatable bonds is 9. The number of ether oxygens (including phenoxy) is 1. The minimum atomic E-state index is -3.75. The summed E-state index contributed by atoms with van der Waals surface area (Å²) in [5, 5.41) is 10.8. The lowest BCUT2D eigenvalue weighted by atomic mass is 9.93. The molecule has 12 heteroatoms. The van der Waals surface area contributed by atoms with E-state index < -0.39 is 27.7 Å². The van der Waals surface area contributed by atoms with E-state index in [1.54, 1.807) is 17.0 Å². The fourth-order valence-electron chi connectivity index (χ4n) is 4.43. The van der Waals surface area contributed by atoms with Gasteiger partial charge in [0.25, 0.3) is 5.91 Å². The molecular formula is C25H28Cl2F2N2O5S. The SMILES string of the molecule is CS(=O)(=O)NC(O)c1cc(C2CC2)c(COCC2(F)CCN(C(=O)c3ccc(Cl)c(Cl)c3)CC2)cc1F. The number of likely N-dealkylation sites (tertiary alicyclic amines) is 1. The second-order valence-corrected chi connectivity index (χ2v) is 12.3. The van der Waals surface area contributed by atoms with Crippen molar-refractivity contribution in [3.63, 3.8) is 0 Å². The fourth-order valence-corrected chi connectivity index (χ4v) is 5.27. The van der Waals surface area contributed by atoms with Crippen molar-refractivity contribution in [3.8, 4) is 0 Å². The predicted molar refractivity (Wildman–Crippen MR) is 136 cm³/mol. The quantitative estimate of drug-likeness (QED) is 0.421. The van der Waals surface area contributed by atoms with E-state index in [2.05, 4.69) is 0 Å². The smallest absolute Gasteiger partial charge is 0.253 e. The van der Waals surface area contributed by atoms with Gasteiger partial charge < -0.3 is 14.7 Å². The molecule has 0 bridgehead atoms. The Bertz CT molecular complexity index is 1280. The van der Waals surface area contributed by atoms with Crippen LogP contribution in [-0.2, 0) is 21.4 Å². The zero-order chi connectivity index (χ0) is 27.0. The first kappa shape index (κ1) is 28.2. The fraction of sp³-hybridized carbons (Fsp3) is 0.480. The zero-order valence-corrected chi connectivity index (χ0v) is 22.5. The first-order valence-electron chi connectivity index (χ1n) is 11.8. The Kier molecular flexibility index (Phi) is 8.47. The Morgan fingerprint density at radius 2 is 1.89 bits per heavy atom. The van der Waals surface area contributed by atoms with Gasteiger partial charge in [-0.3, -0.25) is 4.79 Å². The molecule has 7 nitrogen and oxygen atoms in total. The number of nitrogens with zero attached hydrogens (tertiary/aromatic N) is 1. The first-order valence-corrected chi connectivity index (χ1v) is 14.5. The number of sulfonamides is 1. The molecule has 1 atom stereocenters. The number of aliphatic hydroxyl groups excluding tert-OH is 1. The van der Waals surface area contributed by atoms with E-state index in [9.17, 15) is 22.7 Å². The third kappa shape index (κ3) is 7.19. The van der Waals surface area contributed by atoms with Crippen LogP contribution in [0.15, 0.2) is 30.3 Å². The minimum Gasteiger partial charge on any atom is -0.373 e. The maximum Gasteiger partial charge on any atom is 0.253 e. The molecule has 1 heterocycles. The van der Waals surface area contributed by atoms with Crippen LogP contribution in [0.2, 0.25) is 10.0 Å². The predicted octanol–water partition coefficient (Wildman–Crippen LogP) is 4.71. The van der Waals surface area contributed by atoms with E-state index in [1.807, 2.05) is 4.72 Å². The molecule has 0 aromatic heterocycles. The normalized spacial score (nSPS) is 18.6. The van der Waals surface area contributed by atoms with Gasteiger partial charge in [-0.2, -0.15) is 4.72 Å². The van der Waals surface area contributed by atoms with E-state index in [0.29, 0.717) is 16.1 Å². The number of halogens is 4. The summed E-state index contributed by atoms with van der Waals surface area (Å²) < 4.78 is 60.6. The highest BCUT2D eigenvalue weighted by Gasteiger charge is 2.37. The molecule has 202 valence electrons. The Hall–Kier alpha value is -1.82. The molecule has 0 spiro atoms. The lowest BCUT2D eigenvalue weighted by Crippen LogP contribution is -2.46. The third-order valence-electron chi connectivity index (χ3n) is 6.63. The average Bonchev–Trinajstić information content (AvgIpc) is 3.65. The van der Waals surface area contributed by atoms with Gasteiger partial charge in [-0.05, 0) is 60.2 Å². The summed E-state index contributed by atoms with van der Waals surface area (Å²) in [6, 6.07) is 7.27. The average molecular weight is 577 g/mol. The van der Waals surface area contributed by atoms with Gasteiger partial charge in [0.15, 0.2) is 0 Å². The van der Waals surface area contributed by atoms with Crippen molar-refractivity contribution in [2.45, 2.75) is 50.1 Å². The Labute approximate surface area is 224 Å². The number of hydrogen-bond acceptors (Lipinski definition) is 5. The van der Waals surface area contributed by atoms with Crippen LogP contribution in [0.1, 0.15) is 64.9 Å². The summed E-state index contributed by atoms with van der Waals surface area (Å²) in [6.45, 7) is 0.172. The molecule has 1 amide bonds. The molecule has 2 N–H and O–H groups in total. The molecule has 37 heavy (non-hydrogen) atoms. The lowest BCUT2D eigenvalue weighted by molar-refractivity contribution is -0.0274. The Balaban J connectivity index is 1.35. The van der Waals surface area contributed by atoms with Crippen LogP contribution >= 0.6 is 23.2 Å². The topological polar surface area (TPSA) is 95.9 Å². The van der Waals surface area contributed by atoms with Crippen LogP contribution in [0, 0.1) is 5.82 Å². The van der Waals surface area contributed by atoms with E-state index in [1.165, 1.54) is 18.2 Å². The highest BCUT2D eigenvalue weighted by Crippen LogP contribution is 2.43. The zero-order valence-electron chi connectivity index (χ0n) is 20.1. The van der Waals surface area contributed by atoms with Gasteiger partial charge >= 0.3 is 0 Å². The molecule has 1 aliphatic heterocycles. The largest absolute Gasteiger partial charge is 0.373 e. The first-order chi connectivity index (χ1) is 17.3. The van der Waals surface area contributed by atoms with Gasteiger partial charge in [-0.15, -0.1) is 0 Å². The maximum absolute atomic E-state index is 15.4. The third-order valence-corrected chi connectivity index (χ3v) is 8.02. The number of carbonyl (C=O) groups is 1. The van der Waals surface area contributed by atoms with Crippen LogP contribution < -0.4 is 4.72 Å². The van der Waals surface area contributed by atoms with Gasteiger partial charge in [0, 0.05) is 37.1 Å². The van der Waals surface area contributed by atoms with Gasteiger partial charge in [0.1, 0.15) is 17.7 Å². The van der Waals surface area contributed by atoms with E-state index in [0.717, 1.165) is 24.7 Å². The van der Waals surface area contributed by atoms with Crippen molar-refractivity contribution < 1.29 is 31.8 Å². The molecule has 2 fully saturated rings. The number of aliphatic hydroxyl groups is 1. The van der Waals surface area contributed by atoms with E-state index in [4.69, 9.17) is 27.9 Å². The summed E-state index contributed by atoms with van der Waals surface area (Å²) in [5.74, 6) is -0.882. The molecule has 4 rings (SSSR count). The molecule has 2 aromatic carbocycles. The summed E-state index contributed by atoms with van der Waals surface area (Å²) in [7, 11) is -3.75. The van der Waals surface area contributed by atoms with Gasteiger partial charge in [-0.25, -0.2) is 17.2 Å². The summed E-state index contributed by atoms with van der Waals surface area (Å²) in [5.41, 5.74) is -0.141. The Morgan fingerprint density at radius 3 is 2.49 bits per heavy atom. The van der Waals surface area contributed by atoms with E-state index >= 15 is 4.39 Å². The van der Waals surface area contributed by atoms with Crippen LogP contribution in [0.4, 0.5) is 8.78 Å². The summed E-state index contributed by atoms with van der Waals surface area (Å²) >= 11 is 11.9. The molecule has 0 radical (unpaired) electrons. The van der Waals surface area contributed by atoms with Crippen LogP contribution in [0.3, 0.4) is 0 Å². The molecule has 2 aromatic rings. The van der Waals surface area contributed by atoms with Crippen molar-refractivity contribution in [2.24, 2.45) is 0 Å². The van der Waals surface area contributed by atoms with Crippen LogP contribution in [-0.4, -0.2) is 56.0 Å². The summed E-state index contributed by atoms with van der Waals surface area (Å²) in [6.07, 6.45) is 1.09. The van der Waals surface area contributed by atoms with Crippen molar-refractivity contribution in [3.05, 3.63) is 68.4 Å². The Morgan fingerprint density at radius 1 is 1.22 bits per heavy atom. The number of amides is 1. The molecule has 2 aliphatic rings. The number of hydrogen-bond donors (Lipinski definition) is 2. The highest BCUT2D eigenvalue weighted by atomic mass is 35.5. The number of carbonyl (C=O) groups excluding carboxylic acids is 1. The van der Waals surface area contributed by atoms with Gasteiger partial charge in [-0.1, -0.05) is 23.2 Å². The molecule has 1 aliphatic carbocycles. The second-order valence-electron chi connectivity index (χ2n) is 9.70. The molecule has 1 unspecified atom stereocenters. The lowest BCUT2D eigenvalue weighted by Gasteiger charge is -2.36. The minimum absolute atomic E-state index is 0.0315. The van der Waals surface area contributed by atoms with Gasteiger partial charge in [0.05, 0.1) is 29.5 Å². The number of alkyl halides is 1. The number of nitrogens with one attached hydrogen (secondary N) is 1. The number of benzene rings is 2.